The molecule has 1 aliphatic rings. The topological polar surface area (TPSA) is 73.9 Å². The summed E-state index contributed by atoms with van der Waals surface area (Å²) in [4.78, 5) is 28.2. The molecule has 1 heterocycles. The van der Waals surface area contributed by atoms with Crippen molar-refractivity contribution in [1.29, 1.82) is 0 Å². The van der Waals surface area contributed by atoms with Gasteiger partial charge in [0.05, 0.1) is 18.0 Å². The minimum atomic E-state index is -0.304. The Kier molecular flexibility index (Phi) is 7.24. The van der Waals surface area contributed by atoms with Crippen LogP contribution in [-0.2, 0) is 4.79 Å². The maximum Gasteiger partial charge on any atom is 0.257 e. The van der Waals surface area contributed by atoms with Gasteiger partial charge in [0.1, 0.15) is 5.75 Å². The van der Waals surface area contributed by atoms with Gasteiger partial charge in [0.15, 0.2) is 5.11 Å². The molecule has 0 unspecified atom stereocenters. The van der Waals surface area contributed by atoms with Gasteiger partial charge in [-0.25, -0.2) is 0 Å². The van der Waals surface area contributed by atoms with Crippen LogP contribution in [0.2, 0.25) is 0 Å². The molecule has 0 aromatic heterocycles. The number of nitrogens with zero attached hydrogens (tertiary/aromatic N) is 2. The van der Waals surface area contributed by atoms with Crippen LogP contribution in [0.4, 0.5) is 11.4 Å². The standard InChI is InChI=1S/C22H26N4O3S/c1-3-29-18-8-6-7-17(15-18)21(28)24-22(30)23-19-9-4-5-10-20(19)26-13-11-25(12-14-26)16(2)27/h4-10,15H,3,11-14H2,1-2H3,(H2,23,24,28,30). The second-order valence-corrected chi connectivity index (χ2v) is 7.29. The summed E-state index contributed by atoms with van der Waals surface area (Å²) in [6.07, 6.45) is 0. The predicted octanol–water partition coefficient (Wildman–Crippen LogP) is 2.88. The smallest absolute Gasteiger partial charge is 0.257 e. The van der Waals surface area contributed by atoms with Gasteiger partial charge >= 0.3 is 0 Å². The van der Waals surface area contributed by atoms with Crippen LogP contribution in [0.25, 0.3) is 0 Å². The highest BCUT2D eigenvalue weighted by Gasteiger charge is 2.21. The van der Waals surface area contributed by atoms with E-state index < -0.39 is 0 Å². The Morgan fingerprint density at radius 2 is 1.80 bits per heavy atom. The van der Waals surface area contributed by atoms with Gasteiger partial charge in [-0.05, 0) is 49.5 Å². The molecule has 0 atom stereocenters. The average molecular weight is 427 g/mol. The van der Waals surface area contributed by atoms with Crippen LogP contribution in [0.15, 0.2) is 48.5 Å². The Labute approximate surface area is 182 Å². The molecule has 1 aliphatic heterocycles. The van der Waals surface area contributed by atoms with Crippen LogP contribution in [0.3, 0.4) is 0 Å². The number of carbonyl (C=O) groups excluding carboxylic acids is 2. The number of ether oxygens (including phenoxy) is 1. The van der Waals surface area contributed by atoms with E-state index in [0.717, 1.165) is 24.5 Å². The first-order valence-corrected chi connectivity index (χ1v) is 10.3. The number of anilines is 2. The van der Waals surface area contributed by atoms with Crippen LogP contribution in [-0.4, -0.2) is 54.6 Å². The van der Waals surface area contributed by atoms with E-state index in [9.17, 15) is 9.59 Å². The number of para-hydroxylation sites is 2. The molecule has 7 nitrogen and oxygen atoms in total. The van der Waals surface area contributed by atoms with Crippen LogP contribution in [0.5, 0.6) is 5.75 Å². The fourth-order valence-electron chi connectivity index (χ4n) is 3.34. The summed E-state index contributed by atoms with van der Waals surface area (Å²) >= 11 is 5.36. The first kappa shape index (κ1) is 21.6. The lowest BCUT2D eigenvalue weighted by atomic mass is 10.2. The Bertz CT molecular complexity index is 926. The van der Waals surface area contributed by atoms with Crippen molar-refractivity contribution in [3.63, 3.8) is 0 Å². The first-order chi connectivity index (χ1) is 14.5. The van der Waals surface area contributed by atoms with Crippen molar-refractivity contribution < 1.29 is 14.3 Å². The van der Waals surface area contributed by atoms with Crippen LogP contribution in [0, 0.1) is 0 Å². The van der Waals surface area contributed by atoms with E-state index in [2.05, 4.69) is 15.5 Å². The summed E-state index contributed by atoms with van der Waals surface area (Å²) in [5.74, 6) is 0.430. The second-order valence-electron chi connectivity index (χ2n) is 6.88. The zero-order chi connectivity index (χ0) is 21.5. The normalized spacial score (nSPS) is 13.5. The summed E-state index contributed by atoms with van der Waals surface area (Å²) in [6, 6.07) is 14.8. The monoisotopic (exact) mass is 426 g/mol. The summed E-state index contributed by atoms with van der Waals surface area (Å²) in [7, 11) is 0. The lowest BCUT2D eigenvalue weighted by molar-refractivity contribution is -0.129. The fraction of sp³-hybridized carbons (Fsp3) is 0.318. The Morgan fingerprint density at radius 3 is 2.50 bits per heavy atom. The maximum atomic E-state index is 12.5. The molecule has 2 amide bonds. The largest absolute Gasteiger partial charge is 0.494 e. The van der Waals surface area contributed by atoms with E-state index in [1.54, 1.807) is 31.2 Å². The number of hydrogen-bond acceptors (Lipinski definition) is 5. The summed E-state index contributed by atoms with van der Waals surface area (Å²) in [6.45, 7) is 6.85. The molecule has 158 valence electrons. The lowest BCUT2D eigenvalue weighted by Gasteiger charge is -2.36. The Hall–Kier alpha value is -3.13. The third-order valence-corrected chi connectivity index (χ3v) is 5.06. The molecule has 1 fully saturated rings. The highest BCUT2D eigenvalue weighted by Crippen LogP contribution is 2.26. The van der Waals surface area contributed by atoms with Crippen molar-refractivity contribution in [3.8, 4) is 5.75 Å². The molecule has 0 aliphatic carbocycles. The molecule has 3 rings (SSSR count). The maximum absolute atomic E-state index is 12.5. The van der Waals surface area contributed by atoms with Crippen molar-refractivity contribution >= 4 is 40.5 Å². The molecular formula is C22H26N4O3S. The quantitative estimate of drug-likeness (QED) is 0.717. The van der Waals surface area contributed by atoms with Crippen molar-refractivity contribution in [2.24, 2.45) is 0 Å². The van der Waals surface area contributed by atoms with Gasteiger partial charge in [-0.15, -0.1) is 0 Å². The van der Waals surface area contributed by atoms with Gasteiger partial charge < -0.3 is 19.9 Å². The SMILES string of the molecule is CCOc1cccc(C(=O)NC(=S)Nc2ccccc2N2CCN(C(C)=O)CC2)c1. The molecule has 0 bridgehead atoms. The Morgan fingerprint density at radius 1 is 1.07 bits per heavy atom. The number of nitrogens with one attached hydrogen (secondary N) is 2. The lowest BCUT2D eigenvalue weighted by Crippen LogP contribution is -2.48. The van der Waals surface area contributed by atoms with Crippen molar-refractivity contribution in [1.82, 2.24) is 10.2 Å². The molecule has 0 spiro atoms. The number of piperazine rings is 1. The molecule has 8 heteroatoms. The molecule has 0 saturated carbocycles. The number of benzene rings is 2. The number of hydrogen-bond donors (Lipinski definition) is 2. The highest BCUT2D eigenvalue weighted by molar-refractivity contribution is 7.80. The molecular weight excluding hydrogens is 400 g/mol. The van der Waals surface area contributed by atoms with Crippen molar-refractivity contribution in [2.45, 2.75) is 13.8 Å². The van der Waals surface area contributed by atoms with E-state index in [1.165, 1.54) is 0 Å². The molecule has 0 radical (unpaired) electrons. The van der Waals surface area contributed by atoms with Gasteiger partial charge in [-0.2, -0.15) is 0 Å². The van der Waals surface area contributed by atoms with E-state index in [0.29, 0.717) is 31.0 Å². The van der Waals surface area contributed by atoms with Gasteiger partial charge in [-0.1, -0.05) is 18.2 Å². The minimum absolute atomic E-state index is 0.0957. The van der Waals surface area contributed by atoms with E-state index in [4.69, 9.17) is 17.0 Å². The van der Waals surface area contributed by atoms with Crippen LogP contribution in [0.1, 0.15) is 24.2 Å². The fourth-order valence-corrected chi connectivity index (χ4v) is 3.54. The third kappa shape index (κ3) is 5.48. The van der Waals surface area contributed by atoms with Crippen LogP contribution >= 0.6 is 12.2 Å². The Balaban J connectivity index is 1.64. The number of amides is 2. The van der Waals surface area contributed by atoms with Crippen LogP contribution < -0.4 is 20.3 Å². The number of rotatable bonds is 5. The predicted molar refractivity (Wildman–Crippen MR) is 122 cm³/mol. The molecule has 2 aromatic carbocycles. The van der Waals surface area contributed by atoms with E-state index >= 15 is 0 Å². The van der Waals surface area contributed by atoms with Gasteiger partial charge in [0.2, 0.25) is 5.91 Å². The van der Waals surface area contributed by atoms with Crippen molar-refractivity contribution in [2.75, 3.05) is 43.0 Å². The summed E-state index contributed by atoms with van der Waals surface area (Å²) in [5.41, 5.74) is 2.26. The van der Waals surface area contributed by atoms with Crippen molar-refractivity contribution in [3.05, 3.63) is 54.1 Å². The van der Waals surface area contributed by atoms with Gasteiger partial charge in [0.25, 0.3) is 5.91 Å². The van der Waals surface area contributed by atoms with Gasteiger partial charge in [0, 0.05) is 38.7 Å². The van der Waals surface area contributed by atoms with E-state index in [1.807, 2.05) is 36.1 Å². The summed E-state index contributed by atoms with van der Waals surface area (Å²) in [5, 5.41) is 6.07. The summed E-state index contributed by atoms with van der Waals surface area (Å²) < 4.78 is 5.44. The minimum Gasteiger partial charge on any atom is -0.494 e. The zero-order valence-electron chi connectivity index (χ0n) is 17.2. The first-order valence-electron chi connectivity index (χ1n) is 9.92. The molecule has 30 heavy (non-hydrogen) atoms. The number of thiocarbonyl (C=S) groups is 1. The van der Waals surface area contributed by atoms with Gasteiger partial charge in [-0.3, -0.25) is 14.9 Å². The molecule has 2 N–H and O–H groups in total. The average Bonchev–Trinajstić information content (AvgIpc) is 2.74. The number of carbonyl (C=O) groups is 2. The second kappa shape index (κ2) is 10.1. The third-order valence-electron chi connectivity index (χ3n) is 4.85. The highest BCUT2D eigenvalue weighted by atomic mass is 32.1. The van der Waals surface area contributed by atoms with E-state index in [-0.39, 0.29) is 16.9 Å². The molecule has 1 saturated heterocycles. The molecule has 2 aromatic rings. The zero-order valence-corrected chi connectivity index (χ0v) is 18.0.